The third-order valence-corrected chi connectivity index (χ3v) is 4.29. The zero-order valence-corrected chi connectivity index (χ0v) is 11.4. The molecule has 1 N–H and O–H groups in total. The summed E-state index contributed by atoms with van der Waals surface area (Å²) in [5.74, 6) is 0.577. The monoisotopic (exact) mass is 265 g/mol. The third kappa shape index (κ3) is 2.13. The molecular formula is C15H20FNO2. The summed E-state index contributed by atoms with van der Waals surface area (Å²) in [7, 11) is 0. The van der Waals surface area contributed by atoms with Crippen LogP contribution in [0.5, 0.6) is 5.75 Å². The van der Waals surface area contributed by atoms with Gasteiger partial charge in [-0.3, -0.25) is 0 Å². The average molecular weight is 265 g/mol. The van der Waals surface area contributed by atoms with Gasteiger partial charge in [-0.1, -0.05) is 6.92 Å². The van der Waals surface area contributed by atoms with Gasteiger partial charge < -0.3 is 14.8 Å². The first kappa shape index (κ1) is 12.9. The highest BCUT2D eigenvalue weighted by Gasteiger charge is 2.48. The lowest BCUT2D eigenvalue weighted by molar-refractivity contribution is -0.0306. The highest BCUT2D eigenvalue weighted by molar-refractivity contribution is 5.40. The molecule has 1 aromatic rings. The normalized spacial score (nSPS) is 33.2. The Balaban J connectivity index is 1.99. The molecule has 3 atom stereocenters. The van der Waals surface area contributed by atoms with Crippen molar-refractivity contribution in [2.45, 2.75) is 44.4 Å². The summed E-state index contributed by atoms with van der Waals surface area (Å²) in [6.45, 7) is 5.71. The Hall–Kier alpha value is -1.13. The van der Waals surface area contributed by atoms with Gasteiger partial charge in [-0.2, -0.15) is 0 Å². The van der Waals surface area contributed by atoms with Crippen molar-refractivity contribution in [2.24, 2.45) is 0 Å². The topological polar surface area (TPSA) is 30.5 Å². The lowest BCUT2D eigenvalue weighted by atomic mass is 9.83. The molecule has 0 saturated carbocycles. The maximum atomic E-state index is 13.4. The Bertz CT molecular complexity index is 479. The van der Waals surface area contributed by atoms with Crippen molar-refractivity contribution in [3.8, 4) is 5.75 Å². The van der Waals surface area contributed by atoms with E-state index in [2.05, 4.69) is 19.2 Å². The molecule has 0 bridgehead atoms. The lowest BCUT2D eigenvalue weighted by Gasteiger charge is -2.41. The second-order valence-corrected chi connectivity index (χ2v) is 5.43. The van der Waals surface area contributed by atoms with Crippen LogP contribution in [0, 0.1) is 5.82 Å². The van der Waals surface area contributed by atoms with E-state index >= 15 is 0 Å². The van der Waals surface area contributed by atoms with Crippen LogP contribution in [0.3, 0.4) is 0 Å². The van der Waals surface area contributed by atoms with Crippen LogP contribution in [0.2, 0.25) is 0 Å². The summed E-state index contributed by atoms with van der Waals surface area (Å²) >= 11 is 0. The molecule has 1 spiro atoms. The van der Waals surface area contributed by atoms with Gasteiger partial charge in [0.25, 0.3) is 0 Å². The summed E-state index contributed by atoms with van der Waals surface area (Å²) < 4.78 is 25.3. The molecule has 1 aromatic carbocycles. The molecule has 2 aliphatic rings. The van der Waals surface area contributed by atoms with Gasteiger partial charge in [-0.25, -0.2) is 4.39 Å². The number of ether oxygens (including phenoxy) is 2. The first-order valence-corrected chi connectivity index (χ1v) is 6.98. The van der Waals surface area contributed by atoms with E-state index < -0.39 is 0 Å². The fraction of sp³-hybridized carbons (Fsp3) is 0.600. The van der Waals surface area contributed by atoms with Crippen molar-refractivity contribution < 1.29 is 13.9 Å². The molecule has 104 valence electrons. The van der Waals surface area contributed by atoms with Crippen molar-refractivity contribution in [3.05, 3.63) is 29.6 Å². The van der Waals surface area contributed by atoms with Crippen molar-refractivity contribution in [3.63, 3.8) is 0 Å². The van der Waals surface area contributed by atoms with Crippen molar-refractivity contribution >= 4 is 0 Å². The number of hydrogen-bond donors (Lipinski definition) is 1. The predicted octanol–water partition coefficient (Wildman–Crippen LogP) is 2.81. The second kappa shape index (κ2) is 4.76. The molecule has 2 heterocycles. The Kier molecular flexibility index (Phi) is 3.23. The number of rotatable bonds is 2. The molecule has 19 heavy (non-hydrogen) atoms. The van der Waals surface area contributed by atoms with Crippen molar-refractivity contribution in [2.75, 3.05) is 13.2 Å². The number of benzene rings is 1. The van der Waals surface area contributed by atoms with Crippen LogP contribution in [0.15, 0.2) is 18.2 Å². The second-order valence-electron chi connectivity index (χ2n) is 5.43. The summed E-state index contributed by atoms with van der Waals surface area (Å²) in [5.41, 5.74) is 0.657. The Morgan fingerprint density at radius 1 is 1.47 bits per heavy atom. The quantitative estimate of drug-likeness (QED) is 0.892. The Labute approximate surface area is 113 Å². The first-order valence-electron chi connectivity index (χ1n) is 6.98. The molecule has 3 unspecified atom stereocenters. The van der Waals surface area contributed by atoms with E-state index in [1.807, 2.05) is 0 Å². The maximum Gasteiger partial charge on any atom is 0.139 e. The summed E-state index contributed by atoms with van der Waals surface area (Å²) in [6, 6.07) is 4.91. The zero-order chi connectivity index (χ0) is 13.5. The van der Waals surface area contributed by atoms with E-state index in [4.69, 9.17) is 9.47 Å². The number of hydrogen-bond acceptors (Lipinski definition) is 3. The first-order chi connectivity index (χ1) is 9.14. The van der Waals surface area contributed by atoms with E-state index in [0.717, 1.165) is 37.3 Å². The molecule has 3 nitrogen and oxygen atoms in total. The van der Waals surface area contributed by atoms with Crippen molar-refractivity contribution in [1.29, 1.82) is 0 Å². The van der Waals surface area contributed by atoms with Crippen LogP contribution in [0.4, 0.5) is 4.39 Å². The van der Waals surface area contributed by atoms with Gasteiger partial charge in [0.1, 0.15) is 17.2 Å². The fourth-order valence-corrected chi connectivity index (χ4v) is 3.19. The van der Waals surface area contributed by atoms with Gasteiger partial charge >= 0.3 is 0 Å². The largest absolute Gasteiger partial charge is 0.484 e. The highest BCUT2D eigenvalue weighted by atomic mass is 19.1. The van der Waals surface area contributed by atoms with E-state index in [9.17, 15) is 4.39 Å². The summed E-state index contributed by atoms with van der Waals surface area (Å²) in [4.78, 5) is 0. The predicted molar refractivity (Wildman–Crippen MR) is 70.8 cm³/mol. The van der Waals surface area contributed by atoms with Gasteiger partial charge in [0.2, 0.25) is 0 Å². The molecule has 0 radical (unpaired) electrons. The van der Waals surface area contributed by atoms with Crippen LogP contribution >= 0.6 is 0 Å². The van der Waals surface area contributed by atoms with Crippen LogP contribution in [-0.4, -0.2) is 24.9 Å². The maximum absolute atomic E-state index is 13.4. The molecule has 0 amide bonds. The Morgan fingerprint density at radius 3 is 3.00 bits per heavy atom. The minimum atomic E-state index is -0.266. The molecular weight excluding hydrogens is 245 g/mol. The minimum absolute atomic E-state index is 0.0758. The van der Waals surface area contributed by atoms with Crippen LogP contribution in [-0.2, 0) is 4.74 Å². The zero-order valence-electron chi connectivity index (χ0n) is 11.4. The van der Waals surface area contributed by atoms with E-state index in [1.165, 1.54) is 6.07 Å². The van der Waals surface area contributed by atoms with Gasteiger partial charge in [0, 0.05) is 24.4 Å². The molecule has 1 saturated heterocycles. The number of halogens is 1. The molecule has 3 rings (SSSR count). The van der Waals surface area contributed by atoms with Crippen molar-refractivity contribution in [1.82, 2.24) is 5.32 Å². The van der Waals surface area contributed by atoms with E-state index in [0.29, 0.717) is 0 Å². The third-order valence-electron chi connectivity index (χ3n) is 4.29. The van der Waals surface area contributed by atoms with Crippen LogP contribution in [0.1, 0.15) is 38.3 Å². The summed E-state index contributed by atoms with van der Waals surface area (Å²) in [5, 5.41) is 3.44. The summed E-state index contributed by atoms with van der Waals surface area (Å²) in [6.07, 6.45) is 1.80. The Morgan fingerprint density at radius 2 is 2.32 bits per heavy atom. The van der Waals surface area contributed by atoms with Gasteiger partial charge in [0.05, 0.1) is 12.7 Å². The molecule has 2 aliphatic heterocycles. The van der Waals surface area contributed by atoms with Gasteiger partial charge in [-0.05, 0) is 31.7 Å². The fourth-order valence-electron chi connectivity index (χ4n) is 3.19. The minimum Gasteiger partial charge on any atom is -0.484 e. The lowest BCUT2D eigenvalue weighted by Crippen LogP contribution is -2.48. The highest BCUT2D eigenvalue weighted by Crippen LogP contribution is 2.45. The smallest absolute Gasteiger partial charge is 0.139 e. The number of nitrogens with one attached hydrogen (secondary N) is 1. The SMILES string of the molecule is CCNC1CC2(CCOC2C)Oc2ccc(F)cc21. The van der Waals surface area contributed by atoms with Gasteiger partial charge in [0.15, 0.2) is 0 Å². The molecule has 0 aliphatic carbocycles. The molecule has 4 heteroatoms. The molecule has 0 aromatic heterocycles. The molecule has 1 fully saturated rings. The van der Waals surface area contributed by atoms with Crippen LogP contribution < -0.4 is 10.1 Å². The number of fused-ring (bicyclic) bond motifs is 1. The van der Waals surface area contributed by atoms with Gasteiger partial charge in [-0.15, -0.1) is 0 Å². The van der Waals surface area contributed by atoms with E-state index in [1.54, 1.807) is 12.1 Å². The van der Waals surface area contributed by atoms with E-state index in [-0.39, 0.29) is 23.6 Å². The average Bonchev–Trinajstić information content (AvgIpc) is 2.72. The standard InChI is InChI=1S/C15H20FNO2/c1-3-17-13-9-15(6-7-18-10(15)2)19-14-5-4-11(16)8-12(13)14/h4-5,8,10,13,17H,3,6-7,9H2,1-2H3. The van der Waals surface area contributed by atoms with Crippen LogP contribution in [0.25, 0.3) is 0 Å².